The Morgan fingerprint density at radius 2 is 2.00 bits per heavy atom. The average molecular weight is 369 g/mol. The number of hydrogen-bond donors (Lipinski definition) is 3. The Bertz CT molecular complexity index is 887. The number of hydrogen-bond acceptors (Lipinski definition) is 3. The highest BCUT2D eigenvalue weighted by molar-refractivity contribution is 6.08. The second kappa shape index (κ2) is 6.98. The first-order valence-corrected chi connectivity index (χ1v) is 7.85. The number of nitriles is 1. The lowest BCUT2D eigenvalue weighted by Crippen LogP contribution is -2.28. The fraction of sp³-hybridized carbons (Fsp3) is 0.412. The summed E-state index contributed by atoms with van der Waals surface area (Å²) < 4.78 is 29.4. The molecule has 5 nitrogen and oxygen atoms in total. The van der Waals surface area contributed by atoms with E-state index in [4.69, 9.17) is 11.5 Å². The van der Waals surface area contributed by atoms with Crippen LogP contribution in [-0.4, -0.2) is 16.9 Å². The number of carbonyl (C=O) groups excluding carboxylic acids is 1. The molecule has 25 heavy (non-hydrogen) atoms. The molecule has 0 radical (unpaired) electrons. The molecule has 2 aromatic rings. The number of rotatable bonds is 2. The van der Waals surface area contributed by atoms with Crippen LogP contribution in [0.15, 0.2) is 0 Å². The number of nitrogens with zero attached hydrogens (tertiary/aromatic N) is 1. The van der Waals surface area contributed by atoms with Gasteiger partial charge in [-0.15, -0.1) is 12.4 Å². The van der Waals surface area contributed by atoms with Crippen molar-refractivity contribution < 1.29 is 13.6 Å². The van der Waals surface area contributed by atoms with Crippen molar-refractivity contribution in [3.63, 3.8) is 0 Å². The van der Waals surface area contributed by atoms with Gasteiger partial charge >= 0.3 is 0 Å². The Morgan fingerprint density at radius 1 is 1.32 bits per heavy atom. The van der Waals surface area contributed by atoms with Gasteiger partial charge in [-0.1, -0.05) is 6.42 Å². The zero-order chi connectivity index (χ0) is 17.6. The van der Waals surface area contributed by atoms with E-state index in [1.807, 2.05) is 6.07 Å². The fourth-order valence-electron chi connectivity index (χ4n) is 3.77. The van der Waals surface area contributed by atoms with Gasteiger partial charge in [-0.25, -0.2) is 8.78 Å². The lowest BCUT2D eigenvalue weighted by Gasteiger charge is -2.28. The number of aromatic nitrogens is 1. The summed E-state index contributed by atoms with van der Waals surface area (Å²) in [6.45, 7) is 1.62. The van der Waals surface area contributed by atoms with Crippen LogP contribution in [0.3, 0.4) is 0 Å². The van der Waals surface area contributed by atoms with Crippen LogP contribution < -0.4 is 11.5 Å². The van der Waals surface area contributed by atoms with E-state index in [2.05, 4.69) is 4.98 Å². The molecule has 1 aromatic heterocycles. The zero-order valence-electron chi connectivity index (χ0n) is 13.7. The van der Waals surface area contributed by atoms with Gasteiger partial charge in [0.05, 0.1) is 11.1 Å². The molecule has 2 unspecified atom stereocenters. The molecule has 134 valence electrons. The number of H-pyrrole nitrogens is 1. The maximum atomic E-state index is 14.8. The summed E-state index contributed by atoms with van der Waals surface area (Å²) in [6, 6.07) is 1.92. The number of aromatic amines is 1. The van der Waals surface area contributed by atoms with Crippen molar-refractivity contribution in [3.8, 4) is 6.07 Å². The Kier molecular flexibility index (Phi) is 5.35. The minimum Gasteiger partial charge on any atom is -0.365 e. The number of amides is 1. The summed E-state index contributed by atoms with van der Waals surface area (Å²) in [4.78, 5) is 14.5. The number of nitrogens with two attached hydrogens (primary N) is 2. The normalized spacial score (nSPS) is 20.1. The van der Waals surface area contributed by atoms with Gasteiger partial charge in [0.2, 0.25) is 0 Å². The molecule has 1 fully saturated rings. The third-order valence-corrected chi connectivity index (χ3v) is 4.84. The monoisotopic (exact) mass is 368 g/mol. The predicted molar refractivity (Wildman–Crippen MR) is 92.6 cm³/mol. The van der Waals surface area contributed by atoms with Crippen LogP contribution in [0, 0.1) is 29.9 Å². The number of aryl methyl sites for hydroxylation is 1. The van der Waals surface area contributed by atoms with Crippen LogP contribution in [0.25, 0.3) is 10.9 Å². The summed E-state index contributed by atoms with van der Waals surface area (Å²) >= 11 is 0. The molecule has 1 heterocycles. The van der Waals surface area contributed by atoms with Crippen molar-refractivity contribution in [2.24, 2.45) is 11.5 Å². The molecule has 5 N–H and O–H groups in total. The van der Waals surface area contributed by atoms with Crippen molar-refractivity contribution in [1.29, 1.82) is 5.26 Å². The second-order valence-corrected chi connectivity index (χ2v) is 6.39. The molecule has 3 rings (SSSR count). The van der Waals surface area contributed by atoms with Gasteiger partial charge < -0.3 is 16.5 Å². The van der Waals surface area contributed by atoms with Gasteiger partial charge in [0, 0.05) is 22.7 Å². The first kappa shape index (κ1) is 19.2. The van der Waals surface area contributed by atoms with Crippen molar-refractivity contribution in [2.75, 3.05) is 0 Å². The van der Waals surface area contributed by atoms with E-state index in [9.17, 15) is 18.8 Å². The molecular formula is C17H19ClF2N4O. The summed E-state index contributed by atoms with van der Waals surface area (Å²) in [5, 5.41) is 9.69. The number of primary amides is 1. The Morgan fingerprint density at radius 3 is 2.56 bits per heavy atom. The van der Waals surface area contributed by atoms with Crippen LogP contribution in [0.2, 0.25) is 0 Å². The van der Waals surface area contributed by atoms with Gasteiger partial charge in [-0.05, 0) is 32.1 Å². The molecule has 1 aliphatic carbocycles. The maximum absolute atomic E-state index is 14.8. The molecule has 0 aliphatic heterocycles. The maximum Gasteiger partial charge on any atom is 0.253 e. The van der Waals surface area contributed by atoms with E-state index in [-0.39, 0.29) is 46.4 Å². The van der Waals surface area contributed by atoms with Crippen LogP contribution in [0.5, 0.6) is 0 Å². The quantitative estimate of drug-likeness (QED) is 0.757. The van der Waals surface area contributed by atoms with Crippen molar-refractivity contribution in [2.45, 2.75) is 44.6 Å². The number of nitrogens with one attached hydrogen (secondary N) is 1. The topological polar surface area (TPSA) is 109 Å². The smallest absolute Gasteiger partial charge is 0.253 e. The van der Waals surface area contributed by atoms with Crippen LogP contribution in [-0.2, 0) is 0 Å². The molecule has 1 saturated carbocycles. The van der Waals surface area contributed by atoms with Crippen molar-refractivity contribution in [3.05, 3.63) is 34.0 Å². The van der Waals surface area contributed by atoms with Crippen molar-refractivity contribution >= 4 is 29.2 Å². The summed E-state index contributed by atoms with van der Waals surface area (Å²) in [6.07, 6.45) is 2.80. The lowest BCUT2D eigenvalue weighted by atomic mass is 9.79. The molecule has 2 atom stereocenters. The summed E-state index contributed by atoms with van der Waals surface area (Å²) in [7, 11) is 0. The highest BCUT2D eigenvalue weighted by atomic mass is 35.5. The Labute approximate surface area is 149 Å². The van der Waals surface area contributed by atoms with Gasteiger partial charge in [-0.2, -0.15) is 5.26 Å². The predicted octanol–water partition coefficient (Wildman–Crippen LogP) is 3.13. The molecule has 1 amide bonds. The third kappa shape index (κ3) is 2.96. The molecule has 1 aliphatic rings. The molecular weight excluding hydrogens is 350 g/mol. The highest BCUT2D eigenvalue weighted by Crippen LogP contribution is 2.41. The first-order valence-electron chi connectivity index (χ1n) is 7.85. The van der Waals surface area contributed by atoms with Gasteiger partial charge in [0.25, 0.3) is 5.91 Å². The first-order chi connectivity index (χ1) is 11.4. The van der Waals surface area contributed by atoms with E-state index in [1.165, 1.54) is 0 Å². The molecule has 0 saturated heterocycles. The number of carbonyl (C=O) groups is 1. The summed E-state index contributed by atoms with van der Waals surface area (Å²) in [5.74, 6) is -3.75. The SMILES string of the molecule is Cc1[nH]c2c(C(N)=O)c(F)c(F)c(C3CCCC(N)C3)c2c1C#N.Cl. The Balaban J connectivity index is 0.00000225. The number of benzene rings is 1. The van der Waals surface area contributed by atoms with E-state index >= 15 is 0 Å². The van der Waals surface area contributed by atoms with E-state index in [1.54, 1.807) is 6.92 Å². The highest BCUT2D eigenvalue weighted by Gasteiger charge is 2.32. The fourth-order valence-corrected chi connectivity index (χ4v) is 3.77. The van der Waals surface area contributed by atoms with E-state index in [0.29, 0.717) is 18.5 Å². The standard InChI is InChI=1S/C17H18F2N4O.ClH/c1-7-10(6-20)12-11(8-3-2-4-9(21)5-8)14(18)15(19)13(17(22)24)16(12)23-7;/h8-9,23H,2-5,21H2,1H3,(H2,22,24);1H. The molecule has 1 aromatic carbocycles. The number of halogens is 3. The minimum absolute atomic E-state index is 0. The van der Waals surface area contributed by atoms with Gasteiger partial charge in [-0.3, -0.25) is 4.79 Å². The number of fused-ring (bicyclic) bond motifs is 1. The molecule has 0 spiro atoms. The van der Waals surface area contributed by atoms with E-state index < -0.39 is 23.1 Å². The zero-order valence-corrected chi connectivity index (χ0v) is 14.5. The van der Waals surface area contributed by atoms with Gasteiger partial charge in [0.15, 0.2) is 11.6 Å². The third-order valence-electron chi connectivity index (χ3n) is 4.84. The van der Waals surface area contributed by atoms with Gasteiger partial charge in [0.1, 0.15) is 11.6 Å². The van der Waals surface area contributed by atoms with Crippen LogP contribution in [0.1, 0.15) is 58.8 Å². The lowest BCUT2D eigenvalue weighted by molar-refractivity contribution is 0.0997. The molecule has 8 heteroatoms. The molecule has 0 bridgehead atoms. The minimum atomic E-state index is -1.27. The average Bonchev–Trinajstić information content (AvgIpc) is 2.83. The van der Waals surface area contributed by atoms with Crippen molar-refractivity contribution in [1.82, 2.24) is 4.98 Å². The van der Waals surface area contributed by atoms with Crippen LogP contribution in [0.4, 0.5) is 8.78 Å². The Hall–Kier alpha value is -2.17. The second-order valence-electron chi connectivity index (χ2n) is 6.39. The largest absolute Gasteiger partial charge is 0.365 e. The van der Waals surface area contributed by atoms with Crippen LogP contribution >= 0.6 is 12.4 Å². The van der Waals surface area contributed by atoms with E-state index in [0.717, 1.165) is 12.8 Å². The summed E-state index contributed by atoms with van der Waals surface area (Å²) in [5.41, 5.74) is 11.5.